The lowest BCUT2D eigenvalue weighted by atomic mass is 10.2. The van der Waals surface area contributed by atoms with Gasteiger partial charge in [0, 0.05) is 10.5 Å². The van der Waals surface area contributed by atoms with Gasteiger partial charge in [0.1, 0.15) is 5.75 Å². The quantitative estimate of drug-likeness (QED) is 0.862. The Bertz CT molecular complexity index is 413. The summed E-state index contributed by atoms with van der Waals surface area (Å²) < 4.78 is 6.67. The molecular weight excluding hydrogens is 328 g/mol. The Kier molecular flexibility index (Phi) is 4.35. The average molecular weight is 336 g/mol. The minimum Gasteiger partial charge on any atom is -0.496 e. The Hall–Kier alpha value is -0.810. The molecule has 1 aromatic carbocycles. The van der Waals surface area contributed by atoms with Crippen LogP contribution in [0.3, 0.4) is 0 Å². The van der Waals surface area contributed by atoms with Crippen LogP contribution in [0.5, 0.6) is 5.75 Å². The third kappa shape index (κ3) is 3.35. The first-order valence-corrected chi connectivity index (χ1v) is 5.57. The molecule has 0 amide bonds. The Morgan fingerprint density at radius 3 is 2.67 bits per heavy atom. The summed E-state index contributed by atoms with van der Waals surface area (Å²) in [6.07, 6.45) is 2.58. The Morgan fingerprint density at radius 1 is 1.47 bits per heavy atom. The molecule has 0 fully saturated rings. The second-order valence-electron chi connectivity index (χ2n) is 2.68. The minimum absolute atomic E-state index is 0.648. The third-order valence-corrected chi connectivity index (χ3v) is 2.96. The molecule has 80 valence electrons. The van der Waals surface area contributed by atoms with Crippen molar-refractivity contribution in [2.24, 2.45) is 0 Å². The van der Waals surface area contributed by atoms with Gasteiger partial charge < -0.3 is 9.84 Å². The molecule has 0 atom stereocenters. The van der Waals surface area contributed by atoms with Crippen LogP contribution in [0.4, 0.5) is 0 Å². The van der Waals surface area contributed by atoms with Crippen molar-refractivity contribution in [2.45, 2.75) is 0 Å². The summed E-state index contributed by atoms with van der Waals surface area (Å²) in [5, 5.41) is 8.52. The molecule has 15 heavy (non-hydrogen) atoms. The molecule has 0 aliphatic carbocycles. The van der Waals surface area contributed by atoms with E-state index in [9.17, 15) is 4.79 Å². The number of methoxy groups -OCH3 is 1. The zero-order valence-corrected chi connectivity index (χ0v) is 11.0. The molecule has 0 spiro atoms. The molecule has 1 N–H and O–H groups in total. The predicted molar refractivity (Wildman–Crippen MR) is 65.1 cm³/mol. The molecule has 0 aromatic heterocycles. The highest BCUT2D eigenvalue weighted by atomic mass is 79.9. The number of carboxylic acid groups (broad SMARTS) is 1. The number of halogens is 2. The maximum absolute atomic E-state index is 10.4. The molecule has 3 nitrogen and oxygen atoms in total. The van der Waals surface area contributed by atoms with Crippen LogP contribution < -0.4 is 4.74 Å². The maximum Gasteiger partial charge on any atom is 0.328 e. The number of ether oxygens (including phenoxy) is 1. The highest BCUT2D eigenvalue weighted by Crippen LogP contribution is 2.33. The van der Waals surface area contributed by atoms with Gasteiger partial charge in [0.2, 0.25) is 0 Å². The standard InChI is InChI=1S/C10H8Br2O3/c1-15-8-5-7(11)4-6(10(8)12)2-3-9(13)14/h2-5H,1H3,(H,13,14)/b3-2+. The Balaban J connectivity index is 3.17. The smallest absolute Gasteiger partial charge is 0.328 e. The first-order chi connectivity index (χ1) is 7.04. The average Bonchev–Trinajstić information content (AvgIpc) is 2.18. The largest absolute Gasteiger partial charge is 0.496 e. The highest BCUT2D eigenvalue weighted by molar-refractivity contribution is 9.11. The van der Waals surface area contributed by atoms with Gasteiger partial charge in [-0.25, -0.2) is 4.79 Å². The molecule has 5 heteroatoms. The lowest BCUT2D eigenvalue weighted by Crippen LogP contribution is -1.89. The van der Waals surface area contributed by atoms with E-state index in [1.165, 1.54) is 6.08 Å². The van der Waals surface area contributed by atoms with Crippen LogP contribution in [-0.4, -0.2) is 18.2 Å². The van der Waals surface area contributed by atoms with Gasteiger partial charge in [-0.05, 0) is 39.7 Å². The number of benzene rings is 1. The molecule has 0 saturated carbocycles. The van der Waals surface area contributed by atoms with Crippen molar-refractivity contribution in [3.05, 3.63) is 32.7 Å². The molecule has 0 radical (unpaired) electrons. The number of hydrogen-bond donors (Lipinski definition) is 1. The molecule has 0 saturated heterocycles. The Morgan fingerprint density at radius 2 is 2.13 bits per heavy atom. The van der Waals surface area contributed by atoms with Gasteiger partial charge in [0.25, 0.3) is 0 Å². The maximum atomic E-state index is 10.4. The zero-order chi connectivity index (χ0) is 11.4. The summed E-state index contributed by atoms with van der Waals surface area (Å²) in [6.45, 7) is 0. The van der Waals surface area contributed by atoms with Gasteiger partial charge >= 0.3 is 5.97 Å². The lowest BCUT2D eigenvalue weighted by Gasteiger charge is -2.06. The second kappa shape index (κ2) is 5.32. The van der Waals surface area contributed by atoms with Gasteiger partial charge in [-0.3, -0.25) is 0 Å². The third-order valence-electron chi connectivity index (χ3n) is 1.66. The van der Waals surface area contributed by atoms with E-state index in [0.717, 1.165) is 20.6 Å². The Labute approximate surface area is 104 Å². The van der Waals surface area contributed by atoms with Crippen molar-refractivity contribution < 1.29 is 14.6 Å². The van der Waals surface area contributed by atoms with Crippen LogP contribution in [0, 0.1) is 0 Å². The monoisotopic (exact) mass is 334 g/mol. The fourth-order valence-electron chi connectivity index (χ4n) is 1.02. The van der Waals surface area contributed by atoms with Crippen molar-refractivity contribution >= 4 is 43.9 Å². The van der Waals surface area contributed by atoms with Crippen LogP contribution in [0.25, 0.3) is 6.08 Å². The van der Waals surface area contributed by atoms with E-state index < -0.39 is 5.97 Å². The van der Waals surface area contributed by atoms with Crippen molar-refractivity contribution in [1.82, 2.24) is 0 Å². The molecule has 0 heterocycles. The SMILES string of the molecule is COc1cc(Br)cc(/C=C/C(=O)O)c1Br. The number of hydrogen-bond acceptors (Lipinski definition) is 2. The predicted octanol–water partition coefficient (Wildman–Crippen LogP) is 3.32. The van der Waals surface area contributed by atoms with Crippen LogP contribution in [0.1, 0.15) is 5.56 Å². The van der Waals surface area contributed by atoms with Crippen molar-refractivity contribution in [1.29, 1.82) is 0 Å². The van der Waals surface area contributed by atoms with Crippen LogP contribution >= 0.6 is 31.9 Å². The van der Waals surface area contributed by atoms with Crippen molar-refractivity contribution in [2.75, 3.05) is 7.11 Å². The molecule has 0 aliphatic rings. The first kappa shape index (κ1) is 12.3. The molecule has 0 aliphatic heterocycles. The van der Waals surface area contributed by atoms with E-state index in [1.807, 2.05) is 0 Å². The fourth-order valence-corrected chi connectivity index (χ4v) is 1.99. The normalized spacial score (nSPS) is 10.6. The number of aliphatic carboxylic acids is 1. The van der Waals surface area contributed by atoms with E-state index in [4.69, 9.17) is 9.84 Å². The number of rotatable bonds is 3. The summed E-state index contributed by atoms with van der Waals surface area (Å²) >= 11 is 6.65. The van der Waals surface area contributed by atoms with E-state index in [-0.39, 0.29) is 0 Å². The molecule has 0 bridgehead atoms. The first-order valence-electron chi connectivity index (χ1n) is 3.98. The molecule has 1 aromatic rings. The van der Waals surface area contributed by atoms with E-state index in [2.05, 4.69) is 31.9 Å². The second-order valence-corrected chi connectivity index (χ2v) is 4.39. The van der Waals surface area contributed by atoms with Crippen molar-refractivity contribution in [3.63, 3.8) is 0 Å². The fraction of sp³-hybridized carbons (Fsp3) is 0.100. The lowest BCUT2D eigenvalue weighted by molar-refractivity contribution is -0.131. The van der Waals surface area contributed by atoms with Crippen LogP contribution in [0.15, 0.2) is 27.2 Å². The molecule has 0 unspecified atom stereocenters. The van der Waals surface area contributed by atoms with Gasteiger partial charge in [-0.2, -0.15) is 0 Å². The molecule has 1 rings (SSSR count). The van der Waals surface area contributed by atoms with E-state index in [0.29, 0.717) is 5.75 Å². The van der Waals surface area contributed by atoms with Gasteiger partial charge in [-0.1, -0.05) is 15.9 Å². The number of carbonyl (C=O) groups is 1. The molecular formula is C10H8Br2O3. The van der Waals surface area contributed by atoms with Gasteiger partial charge in [0.15, 0.2) is 0 Å². The zero-order valence-electron chi connectivity index (χ0n) is 7.83. The van der Waals surface area contributed by atoms with Gasteiger partial charge in [0.05, 0.1) is 11.6 Å². The topological polar surface area (TPSA) is 46.5 Å². The summed E-state index contributed by atoms with van der Waals surface area (Å²) in [4.78, 5) is 10.4. The summed E-state index contributed by atoms with van der Waals surface area (Å²) in [5.74, 6) is -0.338. The summed E-state index contributed by atoms with van der Waals surface area (Å²) in [5.41, 5.74) is 0.739. The minimum atomic E-state index is -0.985. The van der Waals surface area contributed by atoms with Crippen LogP contribution in [0.2, 0.25) is 0 Å². The van der Waals surface area contributed by atoms with Crippen LogP contribution in [-0.2, 0) is 4.79 Å². The van der Waals surface area contributed by atoms with E-state index in [1.54, 1.807) is 19.2 Å². The van der Waals surface area contributed by atoms with E-state index >= 15 is 0 Å². The summed E-state index contributed by atoms with van der Waals surface area (Å²) in [7, 11) is 1.55. The number of carboxylic acids is 1. The van der Waals surface area contributed by atoms with Gasteiger partial charge in [-0.15, -0.1) is 0 Å². The van der Waals surface area contributed by atoms with Crippen molar-refractivity contribution in [3.8, 4) is 5.75 Å². The summed E-state index contributed by atoms with van der Waals surface area (Å²) in [6, 6.07) is 3.59. The highest BCUT2D eigenvalue weighted by Gasteiger charge is 2.06.